The van der Waals surface area contributed by atoms with Gasteiger partial charge in [-0.2, -0.15) is 0 Å². The molecule has 2 unspecified atom stereocenters. The van der Waals surface area contributed by atoms with E-state index < -0.39 is 0 Å². The van der Waals surface area contributed by atoms with Gasteiger partial charge in [0.2, 0.25) is 0 Å². The molecule has 1 fully saturated rings. The van der Waals surface area contributed by atoms with E-state index in [2.05, 4.69) is 12.2 Å². The van der Waals surface area contributed by atoms with Gasteiger partial charge in [0.15, 0.2) is 0 Å². The van der Waals surface area contributed by atoms with Crippen LogP contribution in [0.3, 0.4) is 0 Å². The van der Waals surface area contributed by atoms with Gasteiger partial charge in [-0.3, -0.25) is 0 Å². The van der Waals surface area contributed by atoms with Crippen molar-refractivity contribution in [3.05, 3.63) is 28.2 Å². The highest BCUT2D eigenvalue weighted by Gasteiger charge is 2.24. The summed E-state index contributed by atoms with van der Waals surface area (Å²) in [7, 11) is 0. The van der Waals surface area contributed by atoms with Crippen LogP contribution in [0.25, 0.3) is 0 Å². The van der Waals surface area contributed by atoms with Crippen LogP contribution in [-0.2, 0) is 0 Å². The molecule has 2 rings (SSSR count). The minimum Gasteiger partial charge on any atom is -0.313 e. The van der Waals surface area contributed by atoms with Gasteiger partial charge in [-0.15, -0.1) is 11.8 Å². The third-order valence-electron chi connectivity index (χ3n) is 3.78. The molecule has 0 aromatic heterocycles. The molecule has 0 radical (unpaired) electrons. The zero-order chi connectivity index (χ0) is 14.4. The van der Waals surface area contributed by atoms with E-state index in [1.807, 2.05) is 30.0 Å². The van der Waals surface area contributed by atoms with Crippen LogP contribution >= 0.6 is 35.0 Å². The van der Waals surface area contributed by atoms with Crippen LogP contribution < -0.4 is 5.32 Å². The molecule has 0 aliphatic heterocycles. The molecular weight excluding hydrogens is 309 g/mol. The molecule has 1 saturated carbocycles. The lowest BCUT2D eigenvalue weighted by Gasteiger charge is -2.26. The zero-order valence-corrected chi connectivity index (χ0v) is 14.3. The Kier molecular flexibility index (Phi) is 7.03. The van der Waals surface area contributed by atoms with Crippen molar-refractivity contribution in [2.24, 2.45) is 0 Å². The maximum Gasteiger partial charge on any atom is 0.0543 e. The van der Waals surface area contributed by atoms with Crippen LogP contribution in [-0.4, -0.2) is 17.8 Å². The number of thioether (sulfide) groups is 1. The van der Waals surface area contributed by atoms with Crippen molar-refractivity contribution in [2.45, 2.75) is 61.6 Å². The van der Waals surface area contributed by atoms with E-state index in [1.54, 1.807) is 0 Å². The average molecular weight is 332 g/mol. The smallest absolute Gasteiger partial charge is 0.0543 e. The normalized spacial score (nSPS) is 23.6. The fraction of sp³-hybridized carbons (Fsp3) is 0.625. The molecule has 1 aliphatic carbocycles. The quantitative estimate of drug-likeness (QED) is 0.685. The van der Waals surface area contributed by atoms with Gasteiger partial charge in [-0.05, 0) is 44.0 Å². The molecule has 0 bridgehead atoms. The van der Waals surface area contributed by atoms with Gasteiger partial charge in [0.1, 0.15) is 0 Å². The van der Waals surface area contributed by atoms with E-state index in [1.165, 1.54) is 38.5 Å². The summed E-state index contributed by atoms with van der Waals surface area (Å²) in [4.78, 5) is 1.12. The van der Waals surface area contributed by atoms with Gasteiger partial charge in [0.05, 0.1) is 5.02 Å². The molecule has 112 valence electrons. The highest BCUT2D eigenvalue weighted by atomic mass is 35.5. The minimum atomic E-state index is 0.595. The fourth-order valence-electron chi connectivity index (χ4n) is 2.71. The first-order chi connectivity index (χ1) is 9.70. The third-order valence-corrected chi connectivity index (χ3v) is 5.92. The predicted octanol–water partition coefficient (Wildman–Crippen LogP) is 5.79. The van der Waals surface area contributed by atoms with E-state index in [0.29, 0.717) is 11.3 Å². The highest BCUT2D eigenvalue weighted by Crippen LogP contribution is 2.37. The number of halogens is 2. The summed E-state index contributed by atoms with van der Waals surface area (Å²) < 4.78 is 0. The average Bonchev–Trinajstić information content (AvgIpc) is 2.66. The van der Waals surface area contributed by atoms with Crippen molar-refractivity contribution < 1.29 is 0 Å². The zero-order valence-electron chi connectivity index (χ0n) is 12.0. The second-order valence-corrected chi connectivity index (χ2v) is 7.55. The van der Waals surface area contributed by atoms with Crippen LogP contribution in [0.5, 0.6) is 0 Å². The van der Waals surface area contributed by atoms with Gasteiger partial charge in [0, 0.05) is 21.2 Å². The van der Waals surface area contributed by atoms with Crippen molar-refractivity contribution in [3.8, 4) is 0 Å². The summed E-state index contributed by atoms with van der Waals surface area (Å²) in [6.45, 7) is 3.32. The van der Waals surface area contributed by atoms with E-state index in [-0.39, 0.29) is 0 Å². The summed E-state index contributed by atoms with van der Waals surface area (Å²) in [5.74, 6) is 0. The molecule has 0 heterocycles. The largest absolute Gasteiger partial charge is 0.313 e. The van der Waals surface area contributed by atoms with Gasteiger partial charge in [0.25, 0.3) is 0 Å². The van der Waals surface area contributed by atoms with E-state index in [4.69, 9.17) is 23.2 Å². The first kappa shape index (κ1) is 16.5. The second kappa shape index (κ2) is 8.53. The number of benzene rings is 1. The van der Waals surface area contributed by atoms with E-state index >= 15 is 0 Å². The van der Waals surface area contributed by atoms with Crippen LogP contribution in [0.15, 0.2) is 23.1 Å². The van der Waals surface area contributed by atoms with Gasteiger partial charge in [-0.25, -0.2) is 0 Å². The molecule has 1 N–H and O–H groups in total. The number of hydrogen-bond donors (Lipinski definition) is 1. The third kappa shape index (κ3) is 4.84. The topological polar surface area (TPSA) is 12.0 Å². The fourth-order valence-corrected chi connectivity index (χ4v) is 4.58. The van der Waals surface area contributed by atoms with E-state index in [9.17, 15) is 0 Å². The molecule has 2 atom stereocenters. The van der Waals surface area contributed by atoms with Crippen molar-refractivity contribution in [3.63, 3.8) is 0 Å². The van der Waals surface area contributed by atoms with Crippen molar-refractivity contribution in [1.82, 2.24) is 5.32 Å². The Hall–Kier alpha value is 0.110. The molecule has 1 aromatic rings. The van der Waals surface area contributed by atoms with E-state index in [0.717, 1.165) is 21.5 Å². The first-order valence-electron chi connectivity index (χ1n) is 7.55. The molecule has 20 heavy (non-hydrogen) atoms. The van der Waals surface area contributed by atoms with Gasteiger partial charge in [-0.1, -0.05) is 49.4 Å². The number of hydrogen-bond acceptors (Lipinski definition) is 2. The second-order valence-electron chi connectivity index (χ2n) is 5.43. The van der Waals surface area contributed by atoms with Gasteiger partial charge < -0.3 is 5.32 Å². The summed E-state index contributed by atoms with van der Waals surface area (Å²) >= 11 is 14.3. The molecule has 0 amide bonds. The monoisotopic (exact) mass is 331 g/mol. The van der Waals surface area contributed by atoms with Crippen LogP contribution in [0, 0.1) is 0 Å². The summed E-state index contributed by atoms with van der Waals surface area (Å²) in [6.07, 6.45) is 7.73. The molecule has 0 saturated heterocycles. The van der Waals surface area contributed by atoms with Crippen LogP contribution in [0.2, 0.25) is 10.0 Å². The molecule has 4 heteroatoms. The summed E-state index contributed by atoms with van der Waals surface area (Å²) in [6, 6.07) is 6.35. The summed E-state index contributed by atoms with van der Waals surface area (Å²) in [5.41, 5.74) is 0. The molecule has 1 aliphatic rings. The number of rotatable bonds is 5. The Bertz CT molecular complexity index is 425. The van der Waals surface area contributed by atoms with Crippen molar-refractivity contribution >= 4 is 35.0 Å². The Morgan fingerprint density at radius 2 is 2.00 bits per heavy atom. The Morgan fingerprint density at radius 3 is 2.80 bits per heavy atom. The molecule has 1 nitrogen and oxygen atoms in total. The maximum atomic E-state index is 6.31. The lowest BCUT2D eigenvalue weighted by Crippen LogP contribution is -2.37. The standard InChI is InChI=1S/C16H23Cl2NS/c1-2-10-19-14-6-4-3-5-7-15(14)20-16-11-12(17)8-9-13(16)18/h8-9,11,14-15,19H,2-7,10H2,1H3. The Morgan fingerprint density at radius 1 is 1.20 bits per heavy atom. The lowest BCUT2D eigenvalue weighted by molar-refractivity contribution is 0.470. The van der Waals surface area contributed by atoms with Crippen LogP contribution in [0.4, 0.5) is 0 Å². The molecule has 0 spiro atoms. The number of nitrogens with one attached hydrogen (secondary N) is 1. The Labute approximate surface area is 136 Å². The van der Waals surface area contributed by atoms with Crippen molar-refractivity contribution in [2.75, 3.05) is 6.54 Å². The SMILES string of the molecule is CCCNC1CCCCCC1Sc1cc(Cl)ccc1Cl. The lowest BCUT2D eigenvalue weighted by atomic mass is 10.1. The minimum absolute atomic E-state index is 0.595. The first-order valence-corrected chi connectivity index (χ1v) is 9.19. The molecular formula is C16H23Cl2NS. The van der Waals surface area contributed by atoms with Crippen molar-refractivity contribution in [1.29, 1.82) is 0 Å². The highest BCUT2D eigenvalue weighted by molar-refractivity contribution is 8.00. The maximum absolute atomic E-state index is 6.31. The predicted molar refractivity (Wildman–Crippen MR) is 91.3 cm³/mol. The van der Waals surface area contributed by atoms with Crippen LogP contribution in [0.1, 0.15) is 45.4 Å². The van der Waals surface area contributed by atoms with Gasteiger partial charge >= 0.3 is 0 Å². The summed E-state index contributed by atoms with van der Waals surface area (Å²) in [5, 5.41) is 5.90. The Balaban J connectivity index is 2.08. The molecule has 1 aromatic carbocycles.